The summed E-state index contributed by atoms with van der Waals surface area (Å²) >= 11 is 0. The van der Waals surface area contributed by atoms with E-state index in [2.05, 4.69) is 15.5 Å². The third-order valence-corrected chi connectivity index (χ3v) is 5.95. The molecule has 8 heteroatoms. The maximum atomic E-state index is 11.7. The highest BCUT2D eigenvalue weighted by Gasteiger charge is 2.48. The van der Waals surface area contributed by atoms with Crippen LogP contribution in [0.1, 0.15) is 31.7 Å². The Kier molecular flexibility index (Phi) is 4.94. The van der Waals surface area contributed by atoms with Crippen LogP contribution in [0.15, 0.2) is 24.3 Å². The molecule has 1 spiro atoms. The Morgan fingerprint density at radius 1 is 1.13 bits per heavy atom. The Bertz CT molecular complexity index is 937. The van der Waals surface area contributed by atoms with E-state index in [9.17, 15) is 4.79 Å². The average Bonchev–Trinajstić information content (AvgIpc) is 3.52. The normalized spacial score (nSPS) is 19.0. The highest BCUT2D eigenvalue weighted by Crippen LogP contribution is 2.49. The van der Waals surface area contributed by atoms with E-state index < -0.39 is 0 Å². The van der Waals surface area contributed by atoms with Gasteiger partial charge in [-0.3, -0.25) is 0 Å². The first-order valence-electron chi connectivity index (χ1n) is 10.7. The van der Waals surface area contributed by atoms with E-state index in [0.717, 1.165) is 67.3 Å². The van der Waals surface area contributed by atoms with Gasteiger partial charge in [0.25, 0.3) is 0 Å². The first kappa shape index (κ1) is 19.1. The van der Waals surface area contributed by atoms with Crippen molar-refractivity contribution in [2.75, 3.05) is 43.1 Å². The van der Waals surface area contributed by atoms with Crippen LogP contribution < -0.4 is 20.3 Å². The molecule has 2 N–H and O–H groups in total. The molecule has 158 valence electrons. The van der Waals surface area contributed by atoms with Crippen LogP contribution in [0.4, 0.5) is 16.3 Å². The van der Waals surface area contributed by atoms with Crippen LogP contribution >= 0.6 is 0 Å². The Labute approximate surface area is 176 Å². The molecule has 3 heterocycles. The van der Waals surface area contributed by atoms with Crippen LogP contribution in [-0.4, -0.2) is 54.4 Å². The molecule has 1 aromatic carbocycles. The number of morpholine rings is 1. The van der Waals surface area contributed by atoms with E-state index in [-0.39, 0.29) is 11.6 Å². The van der Waals surface area contributed by atoms with Crippen molar-refractivity contribution >= 4 is 17.5 Å². The molecule has 0 unspecified atom stereocenters. The minimum atomic E-state index is -0.215. The number of aromatic nitrogens is 2. The summed E-state index contributed by atoms with van der Waals surface area (Å²) in [6.07, 6.45) is 4.22. The van der Waals surface area contributed by atoms with Gasteiger partial charge in [0.05, 0.1) is 18.8 Å². The molecule has 1 saturated heterocycles. The van der Waals surface area contributed by atoms with Crippen molar-refractivity contribution in [3.63, 3.8) is 0 Å². The molecule has 30 heavy (non-hydrogen) atoms. The number of rotatable bonds is 4. The predicted octanol–water partition coefficient (Wildman–Crippen LogP) is 2.98. The van der Waals surface area contributed by atoms with Crippen molar-refractivity contribution in [2.45, 2.75) is 38.2 Å². The van der Waals surface area contributed by atoms with Crippen molar-refractivity contribution in [1.82, 2.24) is 15.3 Å². The molecule has 2 amide bonds. The van der Waals surface area contributed by atoms with Crippen LogP contribution in [0.3, 0.4) is 0 Å². The molecule has 3 aliphatic rings. The van der Waals surface area contributed by atoms with Crippen molar-refractivity contribution in [3.8, 4) is 17.3 Å². The number of carbonyl (C=O) groups excluding carboxylic acids is 1. The number of fused-ring (bicyclic) bond motifs is 1. The lowest BCUT2D eigenvalue weighted by Gasteiger charge is -2.33. The number of amides is 2. The largest absolute Gasteiger partial charge is 0.471 e. The van der Waals surface area contributed by atoms with Crippen molar-refractivity contribution < 1.29 is 14.3 Å². The number of anilines is 2. The van der Waals surface area contributed by atoms with Gasteiger partial charge in [-0.2, -0.15) is 4.98 Å². The van der Waals surface area contributed by atoms with Crippen molar-refractivity contribution in [2.24, 2.45) is 0 Å². The van der Waals surface area contributed by atoms with E-state index in [4.69, 9.17) is 19.4 Å². The molecule has 0 radical (unpaired) electrons. The first-order valence-corrected chi connectivity index (χ1v) is 10.7. The van der Waals surface area contributed by atoms with Crippen LogP contribution in [-0.2, 0) is 11.2 Å². The van der Waals surface area contributed by atoms with Crippen LogP contribution in [0, 0.1) is 0 Å². The van der Waals surface area contributed by atoms with Crippen LogP contribution in [0.2, 0.25) is 0 Å². The van der Waals surface area contributed by atoms with Gasteiger partial charge in [0.1, 0.15) is 11.4 Å². The molecule has 2 aromatic rings. The molecule has 5 rings (SSSR count). The molecule has 0 atom stereocenters. The second-order valence-electron chi connectivity index (χ2n) is 8.10. The zero-order valence-electron chi connectivity index (χ0n) is 17.2. The number of nitrogens with one attached hydrogen (secondary N) is 2. The third kappa shape index (κ3) is 3.79. The Morgan fingerprint density at radius 2 is 1.90 bits per heavy atom. The number of nitrogens with zero attached hydrogens (tertiary/aromatic N) is 3. The van der Waals surface area contributed by atoms with Crippen molar-refractivity contribution in [1.29, 1.82) is 0 Å². The summed E-state index contributed by atoms with van der Waals surface area (Å²) in [6, 6.07) is 7.38. The Hall–Kier alpha value is -2.87. The van der Waals surface area contributed by atoms with E-state index >= 15 is 0 Å². The van der Waals surface area contributed by atoms with Crippen LogP contribution in [0.25, 0.3) is 11.4 Å². The van der Waals surface area contributed by atoms with Gasteiger partial charge in [-0.05, 0) is 56.9 Å². The van der Waals surface area contributed by atoms with Gasteiger partial charge < -0.3 is 25.0 Å². The Morgan fingerprint density at radius 3 is 2.60 bits per heavy atom. The van der Waals surface area contributed by atoms with Gasteiger partial charge in [0.2, 0.25) is 5.88 Å². The standard InChI is InChI=1S/C22H27N5O3/c1-2-23-21(28)24-16-5-3-15(4-6-16)18-25-19(27-11-13-29-14-12-27)17-7-8-22(9-10-22)30-20(17)26-18/h3-6H,2,7-14H2,1H3,(H2,23,24,28). The summed E-state index contributed by atoms with van der Waals surface area (Å²) in [6.45, 7) is 5.53. The fourth-order valence-corrected chi connectivity index (χ4v) is 4.06. The molecule has 1 saturated carbocycles. The Balaban J connectivity index is 1.46. The van der Waals surface area contributed by atoms with Crippen molar-refractivity contribution in [3.05, 3.63) is 29.8 Å². The predicted molar refractivity (Wildman–Crippen MR) is 114 cm³/mol. The van der Waals surface area contributed by atoms with Gasteiger partial charge in [-0.25, -0.2) is 9.78 Å². The molecular weight excluding hydrogens is 382 g/mol. The smallest absolute Gasteiger partial charge is 0.319 e. The molecule has 1 aromatic heterocycles. The molecular formula is C22H27N5O3. The minimum Gasteiger partial charge on any atom is -0.471 e. The lowest BCUT2D eigenvalue weighted by molar-refractivity contribution is 0.121. The number of benzene rings is 1. The molecule has 8 nitrogen and oxygen atoms in total. The van der Waals surface area contributed by atoms with Gasteiger partial charge >= 0.3 is 6.03 Å². The van der Waals surface area contributed by atoms with Gasteiger partial charge in [0, 0.05) is 30.9 Å². The summed E-state index contributed by atoms with van der Waals surface area (Å²) in [5.74, 6) is 2.35. The lowest BCUT2D eigenvalue weighted by atomic mass is 10.0. The van der Waals surface area contributed by atoms with Gasteiger partial charge in [0.15, 0.2) is 5.82 Å². The second-order valence-corrected chi connectivity index (χ2v) is 8.10. The summed E-state index contributed by atoms with van der Waals surface area (Å²) in [5, 5.41) is 5.54. The summed E-state index contributed by atoms with van der Waals surface area (Å²) in [7, 11) is 0. The summed E-state index contributed by atoms with van der Waals surface area (Å²) in [4.78, 5) is 23.8. The van der Waals surface area contributed by atoms with E-state index in [0.29, 0.717) is 25.6 Å². The molecule has 0 bridgehead atoms. The highest BCUT2D eigenvalue weighted by molar-refractivity contribution is 5.89. The van der Waals surface area contributed by atoms with Crippen LogP contribution in [0.5, 0.6) is 5.88 Å². The zero-order chi connectivity index (χ0) is 20.6. The summed E-state index contributed by atoms with van der Waals surface area (Å²) < 4.78 is 11.9. The minimum absolute atomic E-state index is 0.00131. The quantitative estimate of drug-likeness (QED) is 0.807. The second kappa shape index (κ2) is 7.75. The molecule has 2 aliphatic heterocycles. The topological polar surface area (TPSA) is 88.6 Å². The maximum absolute atomic E-state index is 11.7. The average molecular weight is 409 g/mol. The summed E-state index contributed by atoms with van der Waals surface area (Å²) in [5.41, 5.74) is 2.74. The SMILES string of the molecule is CCNC(=O)Nc1ccc(-c2nc3c(c(N4CCOCC4)n2)CCC2(CC2)O3)cc1. The number of hydrogen-bond donors (Lipinski definition) is 2. The number of urea groups is 1. The van der Waals surface area contributed by atoms with Gasteiger partial charge in [-0.1, -0.05) is 0 Å². The monoisotopic (exact) mass is 409 g/mol. The third-order valence-electron chi connectivity index (χ3n) is 5.95. The number of ether oxygens (including phenoxy) is 2. The lowest BCUT2D eigenvalue weighted by Crippen LogP contribution is -2.38. The zero-order valence-corrected chi connectivity index (χ0v) is 17.2. The van der Waals surface area contributed by atoms with E-state index in [1.54, 1.807) is 0 Å². The molecule has 1 aliphatic carbocycles. The first-order chi connectivity index (χ1) is 14.7. The maximum Gasteiger partial charge on any atom is 0.319 e. The fourth-order valence-electron chi connectivity index (χ4n) is 4.06. The number of carbonyl (C=O) groups is 1. The fraction of sp³-hybridized carbons (Fsp3) is 0.500. The number of hydrogen-bond acceptors (Lipinski definition) is 6. The highest BCUT2D eigenvalue weighted by atomic mass is 16.5. The van der Waals surface area contributed by atoms with Gasteiger partial charge in [-0.15, -0.1) is 0 Å². The van der Waals surface area contributed by atoms with E-state index in [1.165, 1.54) is 0 Å². The van der Waals surface area contributed by atoms with E-state index in [1.807, 2.05) is 31.2 Å². The molecule has 2 fully saturated rings.